The fourth-order valence-electron chi connectivity index (χ4n) is 2.40. The first-order chi connectivity index (χ1) is 13.6. The summed E-state index contributed by atoms with van der Waals surface area (Å²) < 4.78 is 0. The predicted octanol–water partition coefficient (Wildman–Crippen LogP) is 5.79. The summed E-state index contributed by atoms with van der Waals surface area (Å²) in [7, 11) is 0. The summed E-state index contributed by atoms with van der Waals surface area (Å²) in [5.74, 6) is -0.272. The lowest BCUT2D eigenvalue weighted by atomic mass is 10.1. The number of rotatable bonds is 7. The average molecular weight is 411 g/mol. The Kier molecular flexibility index (Phi) is 7.12. The Morgan fingerprint density at radius 2 is 1.79 bits per heavy atom. The van der Waals surface area contributed by atoms with Gasteiger partial charge in [0.2, 0.25) is 0 Å². The summed E-state index contributed by atoms with van der Waals surface area (Å²) in [6.45, 7) is 1.83. The van der Waals surface area contributed by atoms with E-state index in [2.05, 4.69) is 10.5 Å². The number of hydrogen-bond donors (Lipinski definition) is 1. The molecule has 0 aromatic heterocycles. The first-order valence-electron chi connectivity index (χ1n) is 8.65. The number of carbonyl (C=O) groups is 1. The van der Waals surface area contributed by atoms with Crippen molar-refractivity contribution in [3.63, 3.8) is 0 Å². The van der Waals surface area contributed by atoms with E-state index in [9.17, 15) is 4.79 Å². The van der Waals surface area contributed by atoms with E-state index in [1.54, 1.807) is 18.0 Å². The molecular weight excluding hydrogens is 392 g/mol. The number of halogens is 1. The van der Waals surface area contributed by atoms with Crippen LogP contribution in [0.1, 0.15) is 11.1 Å². The zero-order valence-corrected chi connectivity index (χ0v) is 16.8. The predicted molar refractivity (Wildman–Crippen MR) is 115 cm³/mol. The molecule has 142 valence electrons. The average Bonchev–Trinajstić information content (AvgIpc) is 2.70. The van der Waals surface area contributed by atoms with E-state index >= 15 is 0 Å². The molecule has 0 unspecified atom stereocenters. The summed E-state index contributed by atoms with van der Waals surface area (Å²) in [5.41, 5.74) is 2.76. The molecule has 6 heteroatoms. The molecule has 0 heterocycles. The molecule has 0 fully saturated rings. The van der Waals surface area contributed by atoms with Crippen LogP contribution in [-0.4, -0.2) is 18.7 Å². The summed E-state index contributed by atoms with van der Waals surface area (Å²) in [4.78, 5) is 19.3. The molecule has 28 heavy (non-hydrogen) atoms. The van der Waals surface area contributed by atoms with Gasteiger partial charge in [-0.05, 0) is 54.4 Å². The van der Waals surface area contributed by atoms with Gasteiger partial charge in [0.25, 0.3) is 5.91 Å². The third-order valence-corrected chi connectivity index (χ3v) is 5.19. The molecule has 0 aliphatic rings. The summed E-state index contributed by atoms with van der Waals surface area (Å²) in [6.07, 6.45) is 1.60. The van der Waals surface area contributed by atoms with Gasteiger partial charge in [-0.2, -0.15) is 0 Å². The van der Waals surface area contributed by atoms with Gasteiger partial charge in [-0.1, -0.05) is 64.9 Å². The van der Waals surface area contributed by atoms with Crippen molar-refractivity contribution in [3.05, 3.63) is 88.9 Å². The Bertz CT molecular complexity index is 974. The molecule has 1 amide bonds. The number of nitrogens with one attached hydrogen (secondary N) is 1. The van der Waals surface area contributed by atoms with E-state index in [-0.39, 0.29) is 12.5 Å². The van der Waals surface area contributed by atoms with Gasteiger partial charge in [-0.15, -0.1) is 0 Å². The fraction of sp³-hybridized carbons (Fsp3) is 0.0909. The number of nitrogens with zero attached hydrogens (tertiary/aromatic N) is 1. The molecule has 4 nitrogen and oxygen atoms in total. The smallest absolute Gasteiger partial charge is 0.265 e. The quantitative estimate of drug-likeness (QED) is 0.396. The van der Waals surface area contributed by atoms with Gasteiger partial charge >= 0.3 is 0 Å². The molecule has 3 aromatic carbocycles. The number of para-hydroxylation sites is 1. The van der Waals surface area contributed by atoms with Crippen molar-refractivity contribution in [2.24, 2.45) is 5.16 Å². The highest BCUT2D eigenvalue weighted by Gasteiger charge is 2.08. The van der Waals surface area contributed by atoms with E-state index in [1.165, 1.54) is 0 Å². The Morgan fingerprint density at radius 3 is 2.57 bits per heavy atom. The molecule has 3 rings (SSSR count). The van der Waals surface area contributed by atoms with Gasteiger partial charge in [-0.3, -0.25) is 4.79 Å². The molecule has 1 N–H and O–H groups in total. The number of amides is 1. The SMILES string of the molecule is Cc1ccccc1/C=N/OCC(=O)Nc1ccccc1Sc1ccc(Cl)cc1. The van der Waals surface area contributed by atoms with E-state index < -0.39 is 0 Å². The highest BCUT2D eigenvalue weighted by Crippen LogP contribution is 2.33. The largest absolute Gasteiger partial charge is 0.386 e. The molecule has 3 aromatic rings. The second-order valence-corrected chi connectivity index (χ2v) is 7.52. The first-order valence-corrected chi connectivity index (χ1v) is 9.84. The maximum Gasteiger partial charge on any atom is 0.265 e. The standard InChI is InChI=1S/C22H19ClN2O2S/c1-16-6-2-3-7-17(16)14-24-27-15-22(26)25-20-8-4-5-9-21(20)28-19-12-10-18(23)11-13-19/h2-14H,15H2,1H3,(H,25,26)/b24-14+. The normalized spacial score (nSPS) is 10.8. The second kappa shape index (κ2) is 9.97. The van der Waals surface area contributed by atoms with Crippen LogP contribution >= 0.6 is 23.4 Å². The van der Waals surface area contributed by atoms with Gasteiger partial charge in [0.1, 0.15) is 0 Å². The third-order valence-electron chi connectivity index (χ3n) is 3.85. The number of carbonyl (C=O) groups excluding carboxylic acids is 1. The van der Waals surface area contributed by atoms with Crippen LogP contribution < -0.4 is 5.32 Å². The highest BCUT2D eigenvalue weighted by molar-refractivity contribution is 7.99. The van der Waals surface area contributed by atoms with Crippen molar-refractivity contribution in [3.8, 4) is 0 Å². The van der Waals surface area contributed by atoms with Gasteiger partial charge in [0, 0.05) is 14.8 Å². The van der Waals surface area contributed by atoms with Crippen molar-refractivity contribution in [2.75, 3.05) is 11.9 Å². The Morgan fingerprint density at radius 1 is 1.07 bits per heavy atom. The van der Waals surface area contributed by atoms with E-state index in [0.29, 0.717) is 5.02 Å². The number of aryl methyl sites for hydroxylation is 1. The van der Waals surface area contributed by atoms with Crippen molar-refractivity contribution in [2.45, 2.75) is 16.7 Å². The summed E-state index contributed by atoms with van der Waals surface area (Å²) in [5, 5.41) is 7.44. The molecule has 0 saturated carbocycles. The van der Waals surface area contributed by atoms with Crippen LogP contribution in [0.5, 0.6) is 0 Å². The van der Waals surface area contributed by atoms with E-state index in [4.69, 9.17) is 16.4 Å². The number of anilines is 1. The first kappa shape index (κ1) is 20.0. The Labute approximate surface area is 173 Å². The van der Waals surface area contributed by atoms with Crippen molar-refractivity contribution in [1.82, 2.24) is 0 Å². The zero-order chi connectivity index (χ0) is 19.8. The molecule has 0 aliphatic carbocycles. The number of benzene rings is 3. The van der Waals surface area contributed by atoms with Gasteiger partial charge in [0.15, 0.2) is 6.61 Å². The van der Waals surface area contributed by atoms with Crippen LogP contribution in [0.2, 0.25) is 5.02 Å². The zero-order valence-electron chi connectivity index (χ0n) is 15.3. The molecule has 0 radical (unpaired) electrons. The lowest BCUT2D eigenvalue weighted by Crippen LogP contribution is -2.17. The van der Waals surface area contributed by atoms with Crippen LogP contribution in [-0.2, 0) is 9.63 Å². The Balaban J connectivity index is 1.57. The van der Waals surface area contributed by atoms with Crippen molar-refractivity contribution >= 4 is 41.2 Å². The van der Waals surface area contributed by atoms with Gasteiger partial charge in [-0.25, -0.2) is 0 Å². The monoisotopic (exact) mass is 410 g/mol. The summed E-state index contributed by atoms with van der Waals surface area (Å²) in [6, 6.07) is 23.0. The molecule has 0 spiro atoms. The second-order valence-electron chi connectivity index (χ2n) is 5.96. The molecule has 0 bridgehead atoms. The topological polar surface area (TPSA) is 50.7 Å². The lowest BCUT2D eigenvalue weighted by Gasteiger charge is -2.10. The Hall–Kier alpha value is -2.76. The minimum absolute atomic E-state index is 0.164. The molecular formula is C22H19ClN2O2S. The minimum atomic E-state index is -0.272. The van der Waals surface area contributed by atoms with Crippen LogP contribution in [0, 0.1) is 6.92 Å². The van der Waals surface area contributed by atoms with E-state index in [0.717, 1.165) is 26.6 Å². The number of hydrogen-bond acceptors (Lipinski definition) is 4. The molecule has 0 atom stereocenters. The van der Waals surface area contributed by atoms with Crippen molar-refractivity contribution < 1.29 is 9.63 Å². The molecule has 0 saturated heterocycles. The molecule has 0 aliphatic heterocycles. The maximum atomic E-state index is 12.2. The van der Waals surface area contributed by atoms with Crippen LogP contribution in [0.3, 0.4) is 0 Å². The minimum Gasteiger partial charge on any atom is -0.386 e. The summed E-state index contributed by atoms with van der Waals surface area (Å²) >= 11 is 7.48. The van der Waals surface area contributed by atoms with Crippen LogP contribution in [0.4, 0.5) is 5.69 Å². The van der Waals surface area contributed by atoms with Crippen molar-refractivity contribution in [1.29, 1.82) is 0 Å². The van der Waals surface area contributed by atoms with E-state index in [1.807, 2.05) is 79.7 Å². The van der Waals surface area contributed by atoms with Gasteiger partial charge < -0.3 is 10.2 Å². The highest BCUT2D eigenvalue weighted by atomic mass is 35.5. The van der Waals surface area contributed by atoms with Crippen LogP contribution in [0.25, 0.3) is 0 Å². The van der Waals surface area contributed by atoms with Crippen LogP contribution in [0.15, 0.2) is 87.7 Å². The fourth-order valence-corrected chi connectivity index (χ4v) is 3.42. The lowest BCUT2D eigenvalue weighted by molar-refractivity contribution is -0.120. The third kappa shape index (κ3) is 5.87. The maximum absolute atomic E-state index is 12.2. The number of oxime groups is 1. The van der Waals surface area contributed by atoms with Gasteiger partial charge in [0.05, 0.1) is 11.9 Å².